The SMILES string of the molecule is Cc1ccccc1[C@@H]1COc2cc(O)ccc2[C@@H]1c1ccc(N2CCC(C3(C)N(c4cccc5c4C(=O)N(C4CCC(=O)NC4=O)C5)CC34CCNCC4)CC2)cc1. The van der Waals surface area contributed by atoms with Gasteiger partial charge in [-0.15, -0.1) is 0 Å². The zero-order chi connectivity index (χ0) is 39.8. The summed E-state index contributed by atoms with van der Waals surface area (Å²) < 4.78 is 6.27. The molecule has 6 aliphatic rings. The fourth-order valence-corrected chi connectivity index (χ4v) is 11.9. The first-order chi connectivity index (χ1) is 28.1. The second-order valence-corrected chi connectivity index (χ2v) is 17.8. The molecule has 10 rings (SSSR count). The van der Waals surface area contributed by atoms with Crippen LogP contribution < -0.4 is 25.2 Å². The van der Waals surface area contributed by atoms with Gasteiger partial charge in [-0.25, -0.2) is 0 Å². The Hall–Kier alpha value is -5.35. The Morgan fingerprint density at radius 3 is 2.40 bits per heavy atom. The number of aromatic hydroxyl groups is 1. The molecule has 4 aromatic rings. The van der Waals surface area contributed by atoms with Crippen molar-refractivity contribution in [3.05, 3.63) is 118 Å². The van der Waals surface area contributed by atoms with Crippen LogP contribution in [0.2, 0.25) is 0 Å². The van der Waals surface area contributed by atoms with Gasteiger partial charge in [0, 0.05) is 72.7 Å². The predicted molar refractivity (Wildman–Crippen MR) is 224 cm³/mol. The van der Waals surface area contributed by atoms with Gasteiger partial charge in [-0.1, -0.05) is 54.6 Å². The largest absolute Gasteiger partial charge is 0.508 e. The van der Waals surface area contributed by atoms with Gasteiger partial charge in [0.1, 0.15) is 17.5 Å². The van der Waals surface area contributed by atoms with Crippen LogP contribution in [0.25, 0.3) is 0 Å². The number of benzene rings is 4. The summed E-state index contributed by atoms with van der Waals surface area (Å²) in [7, 11) is 0. The number of nitrogens with zero attached hydrogens (tertiary/aromatic N) is 3. The lowest BCUT2D eigenvalue weighted by Crippen LogP contribution is -2.78. The van der Waals surface area contributed by atoms with Crippen LogP contribution in [-0.2, 0) is 16.1 Å². The fraction of sp³-hybridized carbons (Fsp3) is 0.438. The normalized spacial score (nSPS) is 26.8. The van der Waals surface area contributed by atoms with Crippen molar-refractivity contribution < 1.29 is 24.2 Å². The number of aryl methyl sites for hydroxylation is 1. The van der Waals surface area contributed by atoms with Gasteiger partial charge in [0.2, 0.25) is 11.8 Å². The van der Waals surface area contributed by atoms with E-state index >= 15 is 0 Å². The molecular formula is C48H53N5O5. The predicted octanol–water partition coefficient (Wildman–Crippen LogP) is 6.63. The number of anilines is 2. The lowest BCUT2D eigenvalue weighted by molar-refractivity contribution is -0.136. The van der Waals surface area contributed by atoms with Gasteiger partial charge in [0.25, 0.3) is 5.91 Å². The topological polar surface area (TPSA) is 114 Å². The Morgan fingerprint density at radius 2 is 1.64 bits per heavy atom. The molecule has 3 N–H and O–H groups in total. The van der Waals surface area contributed by atoms with Crippen molar-refractivity contribution in [2.24, 2.45) is 11.3 Å². The third-order valence-corrected chi connectivity index (χ3v) is 15.1. The van der Waals surface area contributed by atoms with Crippen LogP contribution in [0.3, 0.4) is 0 Å². The summed E-state index contributed by atoms with van der Waals surface area (Å²) >= 11 is 0. The van der Waals surface area contributed by atoms with E-state index in [0.29, 0.717) is 25.5 Å². The third kappa shape index (κ3) is 5.81. The molecule has 3 amide bonds. The zero-order valence-corrected chi connectivity index (χ0v) is 33.5. The number of piperidine rings is 3. The highest BCUT2D eigenvalue weighted by Crippen LogP contribution is 2.60. The number of fused-ring (bicyclic) bond motifs is 2. The Bertz CT molecular complexity index is 2280. The van der Waals surface area contributed by atoms with Crippen molar-refractivity contribution in [2.75, 3.05) is 49.1 Å². The molecule has 58 heavy (non-hydrogen) atoms. The van der Waals surface area contributed by atoms with E-state index in [1.807, 2.05) is 12.1 Å². The second-order valence-electron chi connectivity index (χ2n) is 17.8. The van der Waals surface area contributed by atoms with Gasteiger partial charge < -0.3 is 29.9 Å². The molecule has 300 valence electrons. The molecule has 6 aliphatic heterocycles. The smallest absolute Gasteiger partial charge is 0.257 e. The molecule has 0 aliphatic carbocycles. The maximum atomic E-state index is 14.2. The van der Waals surface area contributed by atoms with Crippen LogP contribution in [0, 0.1) is 18.3 Å². The first-order valence-corrected chi connectivity index (χ1v) is 21.3. The number of amides is 3. The molecule has 0 bridgehead atoms. The first-order valence-electron chi connectivity index (χ1n) is 21.3. The molecule has 0 aromatic heterocycles. The molecule has 0 saturated carbocycles. The van der Waals surface area contributed by atoms with Gasteiger partial charge in [-0.3, -0.25) is 19.7 Å². The van der Waals surface area contributed by atoms with Crippen LogP contribution in [0.4, 0.5) is 11.4 Å². The monoisotopic (exact) mass is 779 g/mol. The number of hydrogen-bond acceptors (Lipinski definition) is 8. The summed E-state index contributed by atoms with van der Waals surface area (Å²) in [6.07, 6.45) is 4.96. The minimum Gasteiger partial charge on any atom is -0.508 e. The number of carbonyl (C=O) groups excluding carboxylic acids is 3. The lowest BCUT2D eigenvalue weighted by atomic mass is 9.51. The average Bonchev–Trinajstić information content (AvgIpc) is 3.58. The van der Waals surface area contributed by atoms with Crippen molar-refractivity contribution in [1.82, 2.24) is 15.5 Å². The van der Waals surface area contributed by atoms with Gasteiger partial charge in [0.15, 0.2) is 0 Å². The van der Waals surface area contributed by atoms with Crippen LogP contribution >= 0.6 is 0 Å². The van der Waals surface area contributed by atoms with E-state index in [2.05, 4.69) is 94.9 Å². The average molecular weight is 780 g/mol. The molecule has 4 fully saturated rings. The van der Waals surface area contributed by atoms with Gasteiger partial charge >= 0.3 is 0 Å². The molecule has 4 atom stereocenters. The minimum atomic E-state index is -0.626. The van der Waals surface area contributed by atoms with Crippen molar-refractivity contribution in [2.45, 2.75) is 82.3 Å². The van der Waals surface area contributed by atoms with Crippen molar-refractivity contribution in [3.63, 3.8) is 0 Å². The molecule has 0 radical (unpaired) electrons. The van der Waals surface area contributed by atoms with E-state index in [-0.39, 0.29) is 52.7 Å². The number of hydrogen-bond donors (Lipinski definition) is 3. The summed E-state index contributed by atoms with van der Waals surface area (Å²) in [4.78, 5) is 45.8. The lowest BCUT2D eigenvalue weighted by Gasteiger charge is -2.71. The molecule has 1 spiro atoms. The number of imide groups is 1. The summed E-state index contributed by atoms with van der Waals surface area (Å²) in [6.45, 7) is 10.4. The van der Waals surface area contributed by atoms with Crippen molar-refractivity contribution in [1.29, 1.82) is 0 Å². The molecule has 4 aromatic carbocycles. The molecule has 4 saturated heterocycles. The van der Waals surface area contributed by atoms with Crippen LogP contribution in [0.15, 0.2) is 84.9 Å². The standard InChI is InChI=1S/C48H53N5O5/c1-30-6-3-4-8-36(30)38-28-58-41-26-35(54)14-15-37(41)43(38)31-10-12-34(13-11-31)51-24-18-33(19-25-51)47(2)48(20-22-49-23-21-48)29-53(47)39-9-5-7-32-27-52(46(57)44(32)39)40-16-17-42(55)50-45(40)56/h3-15,26,33,38,40,43,49,54H,16-25,27-29H2,1-2H3,(H,50,55,56)/t38-,40?,43-,47?/m0/s1. The molecule has 2 unspecified atom stereocenters. The minimum absolute atomic E-state index is 0.0957. The summed E-state index contributed by atoms with van der Waals surface area (Å²) in [5.74, 6) is 0.917. The zero-order valence-electron chi connectivity index (χ0n) is 33.5. The van der Waals surface area contributed by atoms with Crippen molar-refractivity contribution in [3.8, 4) is 11.5 Å². The third-order valence-electron chi connectivity index (χ3n) is 15.1. The highest BCUT2D eigenvalue weighted by molar-refractivity contribution is 6.08. The molecule has 6 heterocycles. The molecular weight excluding hydrogens is 727 g/mol. The van der Waals surface area contributed by atoms with Crippen LogP contribution in [-0.4, -0.2) is 78.6 Å². The van der Waals surface area contributed by atoms with Crippen LogP contribution in [0.5, 0.6) is 11.5 Å². The molecule has 10 nitrogen and oxygen atoms in total. The summed E-state index contributed by atoms with van der Waals surface area (Å²) in [6, 6.07) is 28.9. The van der Waals surface area contributed by atoms with Crippen LogP contribution in [0.1, 0.15) is 95.5 Å². The Morgan fingerprint density at radius 1 is 0.862 bits per heavy atom. The number of phenols is 1. The summed E-state index contributed by atoms with van der Waals surface area (Å²) in [5, 5.41) is 16.3. The van der Waals surface area contributed by atoms with Gasteiger partial charge in [0.05, 0.1) is 17.9 Å². The fourth-order valence-electron chi connectivity index (χ4n) is 11.9. The number of carbonyl (C=O) groups is 3. The number of nitrogens with one attached hydrogen (secondary N) is 2. The van der Waals surface area contributed by atoms with E-state index in [1.165, 1.54) is 22.4 Å². The number of rotatable bonds is 6. The van der Waals surface area contributed by atoms with E-state index in [1.54, 1.807) is 17.0 Å². The first kappa shape index (κ1) is 37.0. The van der Waals surface area contributed by atoms with Gasteiger partial charge in [-0.2, -0.15) is 0 Å². The Labute approximate surface area is 340 Å². The maximum absolute atomic E-state index is 14.2. The van der Waals surface area contributed by atoms with E-state index in [4.69, 9.17) is 4.74 Å². The number of phenolic OH excluding ortho intramolecular Hbond substituents is 1. The highest BCUT2D eigenvalue weighted by atomic mass is 16.5. The number of ether oxygens (including phenoxy) is 1. The van der Waals surface area contributed by atoms with E-state index in [9.17, 15) is 19.5 Å². The van der Waals surface area contributed by atoms with Gasteiger partial charge in [-0.05, 0) is 111 Å². The van der Waals surface area contributed by atoms with Crippen molar-refractivity contribution >= 4 is 29.1 Å². The Kier molecular flexibility index (Phi) is 9.04. The second kappa shape index (κ2) is 14.2. The summed E-state index contributed by atoms with van der Waals surface area (Å²) in [5.41, 5.74) is 8.85. The molecule has 10 heteroatoms. The maximum Gasteiger partial charge on any atom is 0.257 e. The Balaban J connectivity index is 0.898. The quantitative estimate of drug-likeness (QED) is 0.187. The highest BCUT2D eigenvalue weighted by Gasteiger charge is 2.65. The van der Waals surface area contributed by atoms with E-state index < -0.39 is 6.04 Å². The van der Waals surface area contributed by atoms with E-state index in [0.717, 1.165) is 86.5 Å².